The van der Waals surface area contributed by atoms with Gasteiger partial charge in [-0.3, -0.25) is 0 Å². The molecule has 0 N–H and O–H groups in total. The van der Waals surface area contributed by atoms with Crippen molar-refractivity contribution in [3.63, 3.8) is 0 Å². The zero-order chi connectivity index (χ0) is 11.4. The second kappa shape index (κ2) is 5.15. The maximum Gasteiger partial charge on any atom is 0.165 e. The molecule has 0 unspecified atom stereocenters. The second-order valence-corrected chi connectivity index (χ2v) is 4.00. The second-order valence-electron chi connectivity index (χ2n) is 4.00. The van der Waals surface area contributed by atoms with Crippen LogP contribution in [0.4, 0.5) is 4.39 Å². The molecule has 15 heavy (non-hydrogen) atoms. The van der Waals surface area contributed by atoms with Gasteiger partial charge in [0, 0.05) is 0 Å². The van der Waals surface area contributed by atoms with Gasteiger partial charge in [-0.05, 0) is 36.0 Å². The van der Waals surface area contributed by atoms with Crippen LogP contribution < -0.4 is 4.74 Å². The number of methoxy groups -OCH3 is 1. The Bertz CT molecular complexity index is 320. The van der Waals surface area contributed by atoms with Crippen molar-refractivity contribution in [1.82, 2.24) is 0 Å². The molecule has 0 fully saturated rings. The summed E-state index contributed by atoms with van der Waals surface area (Å²) in [6, 6.07) is 5.17. The highest BCUT2D eigenvalue weighted by molar-refractivity contribution is 5.32. The largest absolute Gasteiger partial charge is 0.494 e. The fourth-order valence-corrected chi connectivity index (χ4v) is 1.85. The molecule has 1 nitrogen and oxygen atoms in total. The SMILES string of the molecule is C[CH][C@H](c1ccc(OC)c(F)c1)C(C)C. The molecule has 1 radical (unpaired) electrons. The van der Waals surface area contributed by atoms with Gasteiger partial charge in [-0.25, -0.2) is 4.39 Å². The van der Waals surface area contributed by atoms with E-state index in [0.717, 1.165) is 5.56 Å². The van der Waals surface area contributed by atoms with Crippen LogP contribution in [0.1, 0.15) is 32.3 Å². The van der Waals surface area contributed by atoms with Gasteiger partial charge in [-0.2, -0.15) is 0 Å². The third-order valence-electron chi connectivity index (χ3n) is 2.64. The molecule has 0 saturated carbocycles. The van der Waals surface area contributed by atoms with Gasteiger partial charge in [-0.15, -0.1) is 0 Å². The van der Waals surface area contributed by atoms with Crippen LogP contribution in [0.3, 0.4) is 0 Å². The zero-order valence-corrected chi connectivity index (χ0v) is 9.75. The number of halogens is 1. The van der Waals surface area contributed by atoms with Crippen LogP contribution >= 0.6 is 0 Å². The van der Waals surface area contributed by atoms with Crippen LogP contribution in [0.15, 0.2) is 18.2 Å². The maximum atomic E-state index is 13.5. The first-order chi connectivity index (χ1) is 7.10. The molecule has 0 bridgehead atoms. The van der Waals surface area contributed by atoms with E-state index in [0.29, 0.717) is 17.6 Å². The molecule has 0 aliphatic carbocycles. The van der Waals surface area contributed by atoms with Crippen LogP contribution in [0.25, 0.3) is 0 Å². The Hall–Kier alpha value is -1.05. The average molecular weight is 209 g/mol. The lowest BCUT2D eigenvalue weighted by Gasteiger charge is -2.19. The summed E-state index contributed by atoms with van der Waals surface area (Å²) in [6.45, 7) is 6.27. The van der Waals surface area contributed by atoms with Gasteiger partial charge in [0.15, 0.2) is 11.6 Å². The smallest absolute Gasteiger partial charge is 0.165 e. The van der Waals surface area contributed by atoms with Crippen LogP contribution in [-0.4, -0.2) is 7.11 Å². The van der Waals surface area contributed by atoms with E-state index in [1.807, 2.05) is 13.0 Å². The van der Waals surface area contributed by atoms with Crippen molar-refractivity contribution in [3.05, 3.63) is 36.0 Å². The van der Waals surface area contributed by atoms with Crippen LogP contribution in [-0.2, 0) is 0 Å². The Labute approximate surface area is 91.3 Å². The van der Waals surface area contributed by atoms with E-state index in [2.05, 4.69) is 20.3 Å². The summed E-state index contributed by atoms with van der Waals surface area (Å²) in [7, 11) is 1.48. The van der Waals surface area contributed by atoms with Gasteiger partial charge in [0.25, 0.3) is 0 Å². The molecule has 1 aromatic carbocycles. The predicted molar refractivity (Wildman–Crippen MR) is 60.5 cm³/mol. The van der Waals surface area contributed by atoms with Crippen molar-refractivity contribution in [2.45, 2.75) is 26.7 Å². The third kappa shape index (κ3) is 2.71. The number of ether oxygens (including phenoxy) is 1. The minimum atomic E-state index is -0.289. The van der Waals surface area contributed by atoms with Crippen LogP contribution in [0.2, 0.25) is 0 Å². The van der Waals surface area contributed by atoms with E-state index >= 15 is 0 Å². The molecule has 1 rings (SSSR count). The first-order valence-corrected chi connectivity index (χ1v) is 5.23. The van der Waals surface area contributed by atoms with Gasteiger partial charge < -0.3 is 4.74 Å². The third-order valence-corrected chi connectivity index (χ3v) is 2.64. The standard InChI is InChI=1S/C13H18FO/c1-5-11(9(2)3)10-6-7-13(15-4)12(14)8-10/h5-9,11H,1-4H3/t11-/m0/s1. The monoisotopic (exact) mass is 209 g/mol. The predicted octanol–water partition coefficient (Wildman–Crippen LogP) is 3.80. The highest BCUT2D eigenvalue weighted by Crippen LogP contribution is 2.29. The molecule has 0 aliphatic heterocycles. The molecule has 0 saturated heterocycles. The summed E-state index contributed by atoms with van der Waals surface area (Å²) in [5.41, 5.74) is 1.01. The van der Waals surface area contributed by atoms with E-state index in [1.165, 1.54) is 7.11 Å². The van der Waals surface area contributed by atoms with Crippen molar-refractivity contribution < 1.29 is 9.13 Å². The van der Waals surface area contributed by atoms with E-state index in [1.54, 1.807) is 12.1 Å². The van der Waals surface area contributed by atoms with Crippen molar-refractivity contribution in [2.24, 2.45) is 5.92 Å². The lowest BCUT2D eigenvalue weighted by atomic mass is 9.86. The lowest BCUT2D eigenvalue weighted by Crippen LogP contribution is -2.06. The first-order valence-electron chi connectivity index (χ1n) is 5.23. The van der Waals surface area contributed by atoms with Crippen molar-refractivity contribution in [2.75, 3.05) is 7.11 Å². The summed E-state index contributed by atoms with van der Waals surface area (Å²) in [4.78, 5) is 0. The molecular formula is C13H18FO. The summed E-state index contributed by atoms with van der Waals surface area (Å²) in [6.07, 6.45) is 2.10. The average Bonchev–Trinajstić information content (AvgIpc) is 2.18. The number of rotatable bonds is 4. The Morgan fingerprint density at radius 1 is 1.33 bits per heavy atom. The summed E-state index contributed by atoms with van der Waals surface area (Å²) >= 11 is 0. The molecule has 1 aromatic rings. The number of benzene rings is 1. The van der Waals surface area contributed by atoms with Crippen molar-refractivity contribution in [3.8, 4) is 5.75 Å². The van der Waals surface area contributed by atoms with Gasteiger partial charge >= 0.3 is 0 Å². The van der Waals surface area contributed by atoms with Gasteiger partial charge in [-0.1, -0.05) is 26.8 Å². The van der Waals surface area contributed by atoms with E-state index < -0.39 is 0 Å². The molecule has 0 heterocycles. The molecule has 2 heteroatoms. The van der Waals surface area contributed by atoms with E-state index in [-0.39, 0.29) is 5.82 Å². The van der Waals surface area contributed by atoms with Crippen molar-refractivity contribution >= 4 is 0 Å². The molecule has 0 amide bonds. The lowest BCUT2D eigenvalue weighted by molar-refractivity contribution is 0.385. The van der Waals surface area contributed by atoms with E-state index in [9.17, 15) is 4.39 Å². The summed E-state index contributed by atoms with van der Waals surface area (Å²) in [5.74, 6) is 0.785. The first kappa shape index (κ1) is 12.0. The molecule has 0 aliphatic rings. The summed E-state index contributed by atoms with van der Waals surface area (Å²) in [5, 5.41) is 0. The topological polar surface area (TPSA) is 9.23 Å². The molecule has 0 aromatic heterocycles. The van der Waals surface area contributed by atoms with Gasteiger partial charge in [0.2, 0.25) is 0 Å². The normalized spacial score (nSPS) is 12.9. The minimum absolute atomic E-state index is 0.289. The van der Waals surface area contributed by atoms with Gasteiger partial charge in [0.05, 0.1) is 7.11 Å². The molecular weight excluding hydrogens is 191 g/mol. The molecule has 1 atom stereocenters. The number of hydrogen-bond donors (Lipinski definition) is 0. The Morgan fingerprint density at radius 2 is 2.00 bits per heavy atom. The summed E-state index contributed by atoms with van der Waals surface area (Å²) < 4.78 is 18.4. The van der Waals surface area contributed by atoms with Crippen molar-refractivity contribution in [1.29, 1.82) is 0 Å². The maximum absolute atomic E-state index is 13.5. The Kier molecular flexibility index (Phi) is 4.13. The van der Waals surface area contributed by atoms with Crippen LogP contribution in [0.5, 0.6) is 5.75 Å². The highest BCUT2D eigenvalue weighted by atomic mass is 19.1. The minimum Gasteiger partial charge on any atom is -0.494 e. The zero-order valence-electron chi connectivity index (χ0n) is 9.75. The highest BCUT2D eigenvalue weighted by Gasteiger charge is 2.15. The fraction of sp³-hybridized carbons (Fsp3) is 0.462. The Balaban J connectivity index is 3.00. The van der Waals surface area contributed by atoms with E-state index in [4.69, 9.17) is 4.74 Å². The quantitative estimate of drug-likeness (QED) is 0.733. The van der Waals surface area contributed by atoms with Crippen LogP contribution in [0, 0.1) is 18.2 Å². The van der Waals surface area contributed by atoms with Gasteiger partial charge in [0.1, 0.15) is 0 Å². The fourth-order valence-electron chi connectivity index (χ4n) is 1.85. The Morgan fingerprint density at radius 3 is 2.40 bits per heavy atom. The molecule has 0 spiro atoms. The number of hydrogen-bond acceptors (Lipinski definition) is 1. The molecule has 83 valence electrons.